The largest absolute Gasteiger partial charge is 0.755 e. The fourth-order valence-electron chi connectivity index (χ4n) is 3.19. The van der Waals surface area contributed by atoms with E-state index >= 15 is 0 Å². The van der Waals surface area contributed by atoms with Crippen molar-refractivity contribution in [2.75, 3.05) is 22.3 Å². The second-order valence-corrected chi connectivity index (χ2v) is 7.38. The van der Waals surface area contributed by atoms with Crippen molar-refractivity contribution in [3.8, 4) is 0 Å². The number of aryl methyl sites for hydroxylation is 1. The number of amides is 1. The zero-order valence-electron chi connectivity index (χ0n) is 14.9. The highest BCUT2D eigenvalue weighted by Crippen LogP contribution is 2.32. The van der Waals surface area contributed by atoms with Crippen molar-refractivity contribution >= 4 is 28.7 Å². The van der Waals surface area contributed by atoms with E-state index in [0.29, 0.717) is 29.5 Å². The Kier molecular flexibility index (Phi) is 5.75. The molecule has 0 bridgehead atoms. The molecule has 1 aliphatic rings. The van der Waals surface area contributed by atoms with Crippen molar-refractivity contribution < 1.29 is 26.7 Å². The van der Waals surface area contributed by atoms with E-state index in [1.807, 2.05) is 11.9 Å². The van der Waals surface area contributed by atoms with Crippen molar-refractivity contribution in [3.63, 3.8) is 0 Å². The molecule has 7 nitrogen and oxygen atoms in total. The van der Waals surface area contributed by atoms with Gasteiger partial charge in [0.05, 0.1) is 34.8 Å². The average molecular weight is 415 g/mol. The van der Waals surface area contributed by atoms with E-state index < -0.39 is 34.8 Å². The molecule has 0 spiro atoms. The average Bonchev–Trinajstić information content (AvgIpc) is 3.08. The summed E-state index contributed by atoms with van der Waals surface area (Å²) in [7, 11) is 1.82. The lowest BCUT2D eigenvalue weighted by atomic mass is 9.97. The first kappa shape index (κ1) is 20.3. The number of piperidine rings is 1. The second kappa shape index (κ2) is 7.92. The van der Waals surface area contributed by atoms with Crippen LogP contribution in [0.1, 0.15) is 18.4 Å². The maximum absolute atomic E-state index is 12.9. The highest BCUT2D eigenvalue weighted by Gasteiger charge is 2.33. The van der Waals surface area contributed by atoms with Crippen molar-refractivity contribution in [1.82, 2.24) is 9.55 Å². The van der Waals surface area contributed by atoms with E-state index in [9.17, 15) is 26.7 Å². The van der Waals surface area contributed by atoms with Crippen LogP contribution in [0.5, 0.6) is 0 Å². The highest BCUT2D eigenvalue weighted by molar-refractivity contribution is 7.81. The molecule has 1 fully saturated rings. The molecule has 28 heavy (non-hydrogen) atoms. The second-order valence-electron chi connectivity index (χ2n) is 6.58. The van der Waals surface area contributed by atoms with E-state index in [0.717, 1.165) is 24.3 Å². The SMILES string of the molecule is Cn1cnc(N2CCC[C@@H](C(=O)N(c3ccc(C(F)(F)F)cc3)S(=O)[O-])C2)c1. The molecular formula is C17H18F3N4O3S-. The van der Waals surface area contributed by atoms with Crippen LogP contribution in [-0.4, -0.2) is 37.3 Å². The number of aromatic nitrogens is 2. The van der Waals surface area contributed by atoms with Crippen LogP contribution in [0.15, 0.2) is 36.8 Å². The summed E-state index contributed by atoms with van der Waals surface area (Å²) in [5.41, 5.74) is -1.04. The van der Waals surface area contributed by atoms with Gasteiger partial charge >= 0.3 is 6.18 Å². The van der Waals surface area contributed by atoms with Crippen LogP contribution >= 0.6 is 0 Å². The fourth-order valence-corrected chi connectivity index (χ4v) is 3.78. The van der Waals surface area contributed by atoms with Gasteiger partial charge in [-0.25, -0.2) is 9.29 Å². The molecule has 0 radical (unpaired) electrons. The van der Waals surface area contributed by atoms with Gasteiger partial charge in [-0.3, -0.25) is 9.00 Å². The topological polar surface area (TPSA) is 81.5 Å². The van der Waals surface area contributed by atoms with Gasteiger partial charge in [-0.05, 0) is 37.1 Å². The predicted molar refractivity (Wildman–Crippen MR) is 96.0 cm³/mol. The Labute approximate surface area is 162 Å². The number of hydrogen-bond acceptors (Lipinski definition) is 5. The standard InChI is InChI=1S/C17H19F3N4O3S/c1-22-10-15(21-11-22)23-8-2-3-12(9-23)16(25)24(28(26)27)14-6-4-13(5-7-14)17(18,19)20/h4-7,10-12H,2-3,8-9H2,1H3,(H,26,27)/p-1/t12-/m1/s1. The number of anilines is 2. The number of carbonyl (C=O) groups excluding carboxylic acids is 1. The third-order valence-corrected chi connectivity index (χ3v) is 5.25. The lowest BCUT2D eigenvalue weighted by Gasteiger charge is -2.35. The Bertz CT molecular complexity index is 869. The summed E-state index contributed by atoms with van der Waals surface area (Å²) in [4.78, 5) is 19.0. The number of benzene rings is 1. The summed E-state index contributed by atoms with van der Waals surface area (Å²) in [5, 5.41) is 0. The minimum atomic E-state index is -4.55. The number of carbonyl (C=O) groups is 1. The van der Waals surface area contributed by atoms with Crippen molar-refractivity contribution in [2.24, 2.45) is 13.0 Å². The Balaban J connectivity index is 1.80. The molecule has 0 N–H and O–H groups in total. The van der Waals surface area contributed by atoms with Crippen LogP contribution < -0.4 is 9.21 Å². The number of imidazole rings is 1. The summed E-state index contributed by atoms with van der Waals surface area (Å²) in [6.07, 6.45) is 0.0284. The third kappa shape index (κ3) is 4.36. The van der Waals surface area contributed by atoms with Gasteiger partial charge in [0.15, 0.2) is 0 Å². The van der Waals surface area contributed by atoms with Gasteiger partial charge in [0, 0.05) is 26.3 Å². The maximum atomic E-state index is 12.9. The molecule has 1 aromatic carbocycles. The lowest BCUT2D eigenvalue weighted by molar-refractivity contribution is -0.137. The minimum Gasteiger partial charge on any atom is -0.755 e. The molecule has 2 heterocycles. The monoisotopic (exact) mass is 415 g/mol. The van der Waals surface area contributed by atoms with Crippen LogP contribution in [-0.2, 0) is 29.3 Å². The van der Waals surface area contributed by atoms with E-state index in [4.69, 9.17) is 0 Å². The molecule has 1 aromatic heterocycles. The predicted octanol–water partition coefficient (Wildman–Crippen LogP) is 2.48. The highest BCUT2D eigenvalue weighted by atomic mass is 32.2. The summed E-state index contributed by atoms with van der Waals surface area (Å²) >= 11 is -2.95. The number of halogens is 3. The van der Waals surface area contributed by atoms with E-state index in [2.05, 4.69) is 4.98 Å². The molecule has 11 heteroatoms. The Morgan fingerprint density at radius 3 is 2.54 bits per heavy atom. The smallest absolute Gasteiger partial charge is 0.416 e. The van der Waals surface area contributed by atoms with E-state index in [1.54, 1.807) is 17.1 Å². The number of nitrogens with zero attached hydrogens (tertiary/aromatic N) is 4. The van der Waals surface area contributed by atoms with Crippen LogP contribution in [0.4, 0.5) is 24.7 Å². The van der Waals surface area contributed by atoms with Crippen molar-refractivity contribution in [2.45, 2.75) is 19.0 Å². The van der Waals surface area contributed by atoms with Gasteiger partial charge in [-0.1, -0.05) is 0 Å². The quantitative estimate of drug-likeness (QED) is 0.717. The van der Waals surface area contributed by atoms with Gasteiger partial charge in [-0.2, -0.15) is 13.2 Å². The van der Waals surface area contributed by atoms with Crippen LogP contribution in [0.2, 0.25) is 0 Å². The summed E-state index contributed by atoms with van der Waals surface area (Å²) < 4.78 is 63.8. The molecule has 2 atom stereocenters. The first-order chi connectivity index (χ1) is 13.2. The zero-order valence-corrected chi connectivity index (χ0v) is 15.7. The molecule has 3 rings (SSSR count). The maximum Gasteiger partial charge on any atom is 0.416 e. The Hall–Kier alpha value is -2.40. The fraction of sp³-hybridized carbons (Fsp3) is 0.412. The first-order valence-corrected chi connectivity index (χ1v) is 9.53. The number of alkyl halides is 3. The molecule has 1 saturated heterocycles. The third-order valence-electron chi connectivity index (χ3n) is 4.56. The molecule has 1 aliphatic heterocycles. The molecular weight excluding hydrogens is 397 g/mol. The first-order valence-electron chi connectivity index (χ1n) is 8.50. The van der Waals surface area contributed by atoms with Gasteiger partial charge in [-0.15, -0.1) is 0 Å². The summed E-state index contributed by atoms with van der Waals surface area (Å²) in [6.45, 7) is 0.964. The van der Waals surface area contributed by atoms with E-state index in [1.165, 1.54) is 0 Å². The van der Waals surface area contributed by atoms with Gasteiger partial charge in [0.2, 0.25) is 5.91 Å². The van der Waals surface area contributed by atoms with Crippen molar-refractivity contribution in [1.29, 1.82) is 0 Å². The van der Waals surface area contributed by atoms with Gasteiger partial charge in [0.1, 0.15) is 5.82 Å². The van der Waals surface area contributed by atoms with Crippen LogP contribution in [0, 0.1) is 5.92 Å². The Morgan fingerprint density at radius 2 is 2.00 bits per heavy atom. The molecule has 152 valence electrons. The lowest BCUT2D eigenvalue weighted by Crippen LogP contribution is -2.45. The van der Waals surface area contributed by atoms with Crippen LogP contribution in [0.3, 0.4) is 0 Å². The van der Waals surface area contributed by atoms with Crippen LogP contribution in [0.25, 0.3) is 0 Å². The number of hydrogen-bond donors (Lipinski definition) is 0. The van der Waals surface area contributed by atoms with E-state index in [-0.39, 0.29) is 12.2 Å². The Morgan fingerprint density at radius 1 is 1.32 bits per heavy atom. The molecule has 1 unspecified atom stereocenters. The molecule has 2 aromatic rings. The summed E-state index contributed by atoms with van der Waals surface area (Å²) in [5.74, 6) is -0.603. The molecule has 1 amide bonds. The molecule has 0 saturated carbocycles. The van der Waals surface area contributed by atoms with Gasteiger partial charge in [0.25, 0.3) is 0 Å². The van der Waals surface area contributed by atoms with Crippen molar-refractivity contribution in [3.05, 3.63) is 42.4 Å². The zero-order chi connectivity index (χ0) is 20.5. The normalized spacial score (nSPS) is 18.8. The summed E-state index contributed by atoms with van der Waals surface area (Å²) in [6, 6.07) is 3.47. The molecule has 0 aliphatic carbocycles. The number of rotatable bonds is 4. The van der Waals surface area contributed by atoms with Gasteiger partial charge < -0.3 is 14.0 Å². The minimum absolute atomic E-state index is 0.124.